The van der Waals surface area contributed by atoms with Crippen LogP contribution in [0.5, 0.6) is 5.75 Å². The third-order valence-electron chi connectivity index (χ3n) is 3.87. The van der Waals surface area contributed by atoms with Crippen LogP contribution in [0.1, 0.15) is 59.1 Å². The van der Waals surface area contributed by atoms with Crippen molar-refractivity contribution in [1.82, 2.24) is 4.90 Å². The maximum absolute atomic E-state index is 10.1. The molecule has 0 fully saturated rings. The number of para-hydroxylation sites is 1. The molecule has 0 saturated carbocycles. The van der Waals surface area contributed by atoms with E-state index in [-0.39, 0.29) is 6.04 Å². The molecule has 0 spiro atoms. The van der Waals surface area contributed by atoms with Crippen molar-refractivity contribution in [3.63, 3.8) is 0 Å². The van der Waals surface area contributed by atoms with Gasteiger partial charge in [-0.2, -0.15) is 0 Å². The average molecular weight is 263 g/mol. The minimum Gasteiger partial charge on any atom is -0.508 e. The van der Waals surface area contributed by atoms with E-state index >= 15 is 0 Å². The van der Waals surface area contributed by atoms with Gasteiger partial charge >= 0.3 is 0 Å². The molecule has 0 aliphatic rings. The van der Waals surface area contributed by atoms with Gasteiger partial charge in [0.2, 0.25) is 0 Å². The van der Waals surface area contributed by atoms with E-state index < -0.39 is 0 Å². The molecule has 0 heterocycles. The summed E-state index contributed by atoms with van der Waals surface area (Å²) in [5.41, 5.74) is 1.04. The maximum atomic E-state index is 10.1. The van der Waals surface area contributed by atoms with Crippen molar-refractivity contribution in [1.29, 1.82) is 0 Å². The second-order valence-electron chi connectivity index (χ2n) is 5.80. The molecule has 1 rings (SSSR count). The van der Waals surface area contributed by atoms with Crippen molar-refractivity contribution in [2.75, 3.05) is 6.54 Å². The lowest BCUT2D eigenvalue weighted by Gasteiger charge is -2.37. The molecule has 0 aliphatic heterocycles. The quantitative estimate of drug-likeness (QED) is 0.777. The van der Waals surface area contributed by atoms with Crippen LogP contribution in [0.25, 0.3) is 0 Å². The van der Waals surface area contributed by atoms with E-state index in [0.717, 1.165) is 24.9 Å². The van der Waals surface area contributed by atoms with E-state index in [2.05, 4.69) is 39.5 Å². The van der Waals surface area contributed by atoms with Crippen LogP contribution in [-0.4, -0.2) is 22.6 Å². The van der Waals surface area contributed by atoms with Gasteiger partial charge in [-0.15, -0.1) is 0 Å². The number of phenols is 1. The highest BCUT2D eigenvalue weighted by Crippen LogP contribution is 2.31. The molecule has 2 nitrogen and oxygen atoms in total. The second kappa shape index (κ2) is 7.54. The van der Waals surface area contributed by atoms with Crippen molar-refractivity contribution in [2.45, 2.75) is 59.5 Å². The Bertz CT molecular complexity index is 371. The Morgan fingerprint density at radius 3 is 2.11 bits per heavy atom. The Morgan fingerprint density at radius 1 is 1.05 bits per heavy atom. The Kier molecular flexibility index (Phi) is 6.36. The van der Waals surface area contributed by atoms with Crippen molar-refractivity contribution in [3.8, 4) is 5.75 Å². The zero-order valence-corrected chi connectivity index (χ0v) is 13.1. The number of aromatic hydroxyl groups is 1. The zero-order chi connectivity index (χ0) is 14.4. The van der Waals surface area contributed by atoms with Crippen LogP contribution >= 0.6 is 0 Å². The second-order valence-corrected chi connectivity index (χ2v) is 5.80. The first-order valence-corrected chi connectivity index (χ1v) is 7.54. The predicted molar refractivity (Wildman–Crippen MR) is 82.4 cm³/mol. The van der Waals surface area contributed by atoms with E-state index in [4.69, 9.17) is 0 Å². The highest BCUT2D eigenvalue weighted by molar-refractivity contribution is 5.34. The summed E-state index contributed by atoms with van der Waals surface area (Å²) in [6.45, 7) is 12.3. The van der Waals surface area contributed by atoms with Crippen LogP contribution in [0.4, 0.5) is 0 Å². The highest BCUT2D eigenvalue weighted by atomic mass is 16.3. The highest BCUT2D eigenvalue weighted by Gasteiger charge is 2.24. The minimum atomic E-state index is 0.258. The lowest BCUT2D eigenvalue weighted by atomic mass is 9.99. The van der Waals surface area contributed by atoms with Gasteiger partial charge in [-0.05, 0) is 31.7 Å². The van der Waals surface area contributed by atoms with Crippen LogP contribution in [0, 0.1) is 5.92 Å². The summed E-state index contributed by atoms with van der Waals surface area (Å²) in [6.07, 6.45) is 2.31. The lowest BCUT2D eigenvalue weighted by molar-refractivity contribution is 0.116. The van der Waals surface area contributed by atoms with Gasteiger partial charge in [0, 0.05) is 24.2 Å². The summed E-state index contributed by atoms with van der Waals surface area (Å²) in [6, 6.07) is 8.55. The topological polar surface area (TPSA) is 23.5 Å². The van der Waals surface area contributed by atoms with Gasteiger partial charge in [-0.1, -0.05) is 45.9 Å². The van der Waals surface area contributed by atoms with Crippen molar-refractivity contribution in [2.24, 2.45) is 5.92 Å². The Balaban J connectivity index is 2.99. The molecule has 0 bridgehead atoms. The number of benzene rings is 1. The van der Waals surface area contributed by atoms with Gasteiger partial charge < -0.3 is 5.11 Å². The zero-order valence-electron chi connectivity index (χ0n) is 13.1. The van der Waals surface area contributed by atoms with Crippen molar-refractivity contribution < 1.29 is 5.11 Å². The number of hydrogen-bond donors (Lipinski definition) is 1. The van der Waals surface area contributed by atoms with Gasteiger partial charge in [-0.25, -0.2) is 0 Å². The fourth-order valence-corrected chi connectivity index (χ4v) is 2.82. The Labute approximate surface area is 118 Å². The molecule has 1 aromatic rings. The fourth-order valence-electron chi connectivity index (χ4n) is 2.82. The molecule has 0 saturated heterocycles. The van der Waals surface area contributed by atoms with Crippen molar-refractivity contribution >= 4 is 0 Å². The van der Waals surface area contributed by atoms with Crippen LogP contribution in [0.2, 0.25) is 0 Å². The van der Waals surface area contributed by atoms with Gasteiger partial charge in [0.1, 0.15) is 5.75 Å². The first kappa shape index (κ1) is 16.0. The Hall–Kier alpha value is -1.02. The van der Waals surface area contributed by atoms with Crippen LogP contribution < -0.4 is 0 Å². The number of nitrogens with zero attached hydrogens (tertiary/aromatic N) is 1. The molecule has 0 amide bonds. The Morgan fingerprint density at radius 2 is 1.63 bits per heavy atom. The van der Waals surface area contributed by atoms with Gasteiger partial charge in [0.05, 0.1) is 0 Å². The predicted octanol–water partition coefficient (Wildman–Crippen LogP) is 4.60. The lowest BCUT2D eigenvalue weighted by Crippen LogP contribution is -2.39. The van der Waals surface area contributed by atoms with Crippen molar-refractivity contribution in [3.05, 3.63) is 29.8 Å². The first-order chi connectivity index (χ1) is 9.01. The minimum absolute atomic E-state index is 0.258. The summed E-state index contributed by atoms with van der Waals surface area (Å²) < 4.78 is 0. The van der Waals surface area contributed by atoms with Crippen LogP contribution in [-0.2, 0) is 0 Å². The standard InChI is InChI=1S/C17H29NO/c1-6-15(7-2)18(12-13(3)4)14(5)16-10-8-9-11-17(16)19/h8-11,13-15,19H,6-7,12H2,1-5H3. The van der Waals surface area contributed by atoms with Gasteiger partial charge in [-0.3, -0.25) is 4.90 Å². The first-order valence-electron chi connectivity index (χ1n) is 7.54. The van der Waals surface area contributed by atoms with E-state index in [1.807, 2.05) is 18.2 Å². The molecule has 0 radical (unpaired) electrons. The molecule has 108 valence electrons. The van der Waals surface area contributed by atoms with Gasteiger partial charge in [0.15, 0.2) is 0 Å². The smallest absolute Gasteiger partial charge is 0.120 e. The SMILES string of the molecule is CCC(CC)N(CC(C)C)C(C)c1ccccc1O. The third kappa shape index (κ3) is 4.24. The van der Waals surface area contributed by atoms with Gasteiger partial charge in [0.25, 0.3) is 0 Å². The molecule has 1 N–H and O–H groups in total. The largest absolute Gasteiger partial charge is 0.508 e. The van der Waals surface area contributed by atoms with Crippen LogP contribution in [0.3, 0.4) is 0 Å². The molecular formula is C17H29NO. The van der Waals surface area contributed by atoms with E-state index in [1.54, 1.807) is 6.07 Å². The van der Waals surface area contributed by atoms with E-state index in [9.17, 15) is 5.11 Å². The molecule has 1 atom stereocenters. The fraction of sp³-hybridized carbons (Fsp3) is 0.647. The molecule has 1 unspecified atom stereocenters. The number of hydrogen-bond acceptors (Lipinski definition) is 2. The summed E-state index contributed by atoms with van der Waals surface area (Å²) in [4.78, 5) is 2.54. The number of rotatable bonds is 7. The molecular weight excluding hydrogens is 234 g/mol. The number of phenolic OH excluding ortho intramolecular Hbond substituents is 1. The van der Waals surface area contributed by atoms with E-state index in [0.29, 0.717) is 17.7 Å². The third-order valence-corrected chi connectivity index (χ3v) is 3.87. The maximum Gasteiger partial charge on any atom is 0.120 e. The molecule has 19 heavy (non-hydrogen) atoms. The van der Waals surface area contributed by atoms with Crippen LogP contribution in [0.15, 0.2) is 24.3 Å². The molecule has 0 aliphatic carbocycles. The van der Waals surface area contributed by atoms with E-state index in [1.165, 1.54) is 0 Å². The summed E-state index contributed by atoms with van der Waals surface area (Å²) in [7, 11) is 0. The summed E-state index contributed by atoms with van der Waals surface area (Å²) in [5, 5.41) is 10.1. The molecule has 1 aromatic carbocycles. The molecule has 0 aromatic heterocycles. The molecule has 2 heteroatoms. The summed E-state index contributed by atoms with van der Waals surface area (Å²) in [5.74, 6) is 1.05. The monoisotopic (exact) mass is 263 g/mol. The summed E-state index contributed by atoms with van der Waals surface area (Å²) >= 11 is 0. The normalized spacial score (nSPS) is 13.5. The average Bonchev–Trinajstić information content (AvgIpc) is 2.38.